The summed E-state index contributed by atoms with van der Waals surface area (Å²) in [7, 11) is 3.87. The largest absolute Gasteiger partial charge is 0.397 e. The molecular formula is C16H25N3O. The summed E-state index contributed by atoms with van der Waals surface area (Å²) in [5.41, 5.74) is 8.50. The third-order valence-electron chi connectivity index (χ3n) is 4.49. The zero-order chi connectivity index (χ0) is 14.9. The number of nitrogens with one attached hydrogen (secondary N) is 1. The summed E-state index contributed by atoms with van der Waals surface area (Å²) in [5, 5.41) is 3.05. The molecule has 1 saturated carbocycles. The van der Waals surface area contributed by atoms with Gasteiger partial charge in [0.25, 0.3) is 5.91 Å². The van der Waals surface area contributed by atoms with E-state index >= 15 is 0 Å². The molecule has 1 aromatic rings. The van der Waals surface area contributed by atoms with Crippen LogP contribution in [-0.2, 0) is 0 Å². The third kappa shape index (κ3) is 2.89. The molecule has 20 heavy (non-hydrogen) atoms. The van der Waals surface area contributed by atoms with Crippen LogP contribution in [0.2, 0.25) is 0 Å². The van der Waals surface area contributed by atoms with Gasteiger partial charge in [0.2, 0.25) is 0 Å². The van der Waals surface area contributed by atoms with Crippen LogP contribution in [0.3, 0.4) is 0 Å². The van der Waals surface area contributed by atoms with Crippen molar-refractivity contribution < 1.29 is 4.79 Å². The molecule has 1 aliphatic rings. The second-order valence-corrected chi connectivity index (χ2v) is 6.37. The number of nitrogens with zero attached hydrogens (tertiary/aromatic N) is 1. The van der Waals surface area contributed by atoms with E-state index in [0.717, 1.165) is 12.2 Å². The van der Waals surface area contributed by atoms with Gasteiger partial charge < -0.3 is 16.0 Å². The van der Waals surface area contributed by atoms with E-state index in [1.54, 1.807) is 6.07 Å². The first-order valence-electron chi connectivity index (χ1n) is 7.21. The molecule has 0 saturated heterocycles. The maximum atomic E-state index is 12.2. The van der Waals surface area contributed by atoms with Crippen LogP contribution in [-0.4, -0.2) is 26.5 Å². The van der Waals surface area contributed by atoms with Gasteiger partial charge in [0.15, 0.2) is 0 Å². The molecule has 0 heterocycles. The van der Waals surface area contributed by atoms with Crippen LogP contribution in [0.15, 0.2) is 18.2 Å². The highest BCUT2D eigenvalue weighted by Gasteiger charge is 2.45. The predicted octanol–water partition coefficient (Wildman–Crippen LogP) is 2.50. The first-order valence-corrected chi connectivity index (χ1v) is 7.21. The monoisotopic (exact) mass is 275 g/mol. The van der Waals surface area contributed by atoms with Crippen molar-refractivity contribution in [3.63, 3.8) is 0 Å². The Morgan fingerprint density at radius 3 is 2.50 bits per heavy atom. The van der Waals surface area contributed by atoms with Crippen molar-refractivity contribution in [3.05, 3.63) is 23.8 Å². The maximum absolute atomic E-state index is 12.2. The minimum atomic E-state index is -0.0334. The fraction of sp³-hybridized carbons (Fsp3) is 0.562. The van der Waals surface area contributed by atoms with Crippen molar-refractivity contribution in [2.75, 3.05) is 31.3 Å². The van der Waals surface area contributed by atoms with Gasteiger partial charge in [-0.15, -0.1) is 0 Å². The molecule has 0 spiro atoms. The molecule has 1 aromatic carbocycles. The zero-order valence-corrected chi connectivity index (χ0v) is 12.9. The quantitative estimate of drug-likeness (QED) is 0.812. The summed E-state index contributed by atoms with van der Waals surface area (Å²) in [5.74, 6) is 0.581. The van der Waals surface area contributed by atoms with Gasteiger partial charge in [-0.1, -0.05) is 13.8 Å². The van der Waals surface area contributed by atoms with Gasteiger partial charge >= 0.3 is 0 Å². The Labute approximate surface area is 121 Å². The zero-order valence-electron chi connectivity index (χ0n) is 12.9. The molecule has 1 amide bonds. The molecule has 4 nitrogen and oxygen atoms in total. The number of carbonyl (C=O) groups is 1. The molecular weight excluding hydrogens is 250 g/mol. The van der Waals surface area contributed by atoms with Gasteiger partial charge in [-0.2, -0.15) is 0 Å². The third-order valence-corrected chi connectivity index (χ3v) is 4.49. The van der Waals surface area contributed by atoms with Gasteiger partial charge in [0.1, 0.15) is 0 Å². The number of nitrogens with two attached hydrogens (primary N) is 1. The number of rotatable bonds is 5. The topological polar surface area (TPSA) is 58.4 Å². The first-order chi connectivity index (χ1) is 9.35. The standard InChI is InChI=1S/C16H25N3O/c1-11(2)16(7-8-16)10-18-15(20)12-5-6-14(19(3)4)13(17)9-12/h5-6,9,11H,7-8,10,17H2,1-4H3,(H,18,20). The highest BCUT2D eigenvalue weighted by Crippen LogP contribution is 2.51. The summed E-state index contributed by atoms with van der Waals surface area (Å²) in [4.78, 5) is 14.1. The van der Waals surface area contributed by atoms with Gasteiger partial charge in [-0.3, -0.25) is 4.79 Å². The van der Waals surface area contributed by atoms with Crippen molar-refractivity contribution >= 4 is 17.3 Å². The summed E-state index contributed by atoms with van der Waals surface area (Å²) in [6.45, 7) is 5.21. The van der Waals surface area contributed by atoms with Crippen LogP contribution < -0.4 is 16.0 Å². The fourth-order valence-electron chi connectivity index (χ4n) is 2.58. The Morgan fingerprint density at radius 2 is 2.05 bits per heavy atom. The minimum absolute atomic E-state index is 0.0334. The second kappa shape index (κ2) is 5.35. The lowest BCUT2D eigenvalue weighted by atomic mass is 9.92. The molecule has 1 aliphatic carbocycles. The van der Waals surface area contributed by atoms with Crippen LogP contribution in [0.5, 0.6) is 0 Å². The lowest BCUT2D eigenvalue weighted by Crippen LogP contribution is -2.32. The maximum Gasteiger partial charge on any atom is 0.251 e. The van der Waals surface area contributed by atoms with Gasteiger partial charge in [-0.05, 0) is 42.4 Å². The smallest absolute Gasteiger partial charge is 0.251 e. The average Bonchev–Trinajstić information content (AvgIpc) is 3.16. The minimum Gasteiger partial charge on any atom is -0.397 e. The predicted molar refractivity (Wildman–Crippen MR) is 84.0 cm³/mol. The Balaban J connectivity index is 2.01. The molecule has 2 rings (SSSR count). The summed E-state index contributed by atoms with van der Waals surface area (Å²) in [6.07, 6.45) is 2.43. The van der Waals surface area contributed by atoms with Crippen LogP contribution in [0.25, 0.3) is 0 Å². The van der Waals surface area contributed by atoms with Crippen molar-refractivity contribution in [2.45, 2.75) is 26.7 Å². The number of hydrogen-bond acceptors (Lipinski definition) is 3. The molecule has 3 N–H and O–H groups in total. The van der Waals surface area contributed by atoms with E-state index in [1.165, 1.54) is 12.8 Å². The second-order valence-electron chi connectivity index (χ2n) is 6.37. The molecule has 110 valence electrons. The Morgan fingerprint density at radius 1 is 1.40 bits per heavy atom. The van der Waals surface area contributed by atoms with Crippen LogP contribution in [0, 0.1) is 11.3 Å². The lowest BCUT2D eigenvalue weighted by Gasteiger charge is -2.20. The molecule has 0 bridgehead atoms. The van der Waals surface area contributed by atoms with Crippen LogP contribution in [0.1, 0.15) is 37.0 Å². The number of benzene rings is 1. The summed E-state index contributed by atoms with van der Waals surface area (Å²) >= 11 is 0. The van der Waals surface area contributed by atoms with Gasteiger partial charge in [0, 0.05) is 26.2 Å². The molecule has 1 fully saturated rings. The normalized spacial score (nSPS) is 16.1. The number of anilines is 2. The van der Waals surface area contributed by atoms with E-state index in [4.69, 9.17) is 5.73 Å². The van der Waals surface area contributed by atoms with E-state index in [2.05, 4.69) is 19.2 Å². The first kappa shape index (κ1) is 14.7. The number of nitrogen functional groups attached to an aromatic ring is 1. The molecule has 0 aliphatic heterocycles. The molecule has 0 atom stereocenters. The summed E-state index contributed by atoms with van der Waals surface area (Å²) < 4.78 is 0. The van der Waals surface area contributed by atoms with Gasteiger partial charge in [-0.25, -0.2) is 0 Å². The SMILES string of the molecule is CC(C)C1(CNC(=O)c2ccc(N(C)C)c(N)c2)CC1. The highest BCUT2D eigenvalue weighted by molar-refractivity contribution is 5.96. The molecule has 4 heteroatoms. The van der Waals surface area contributed by atoms with E-state index < -0.39 is 0 Å². The number of amides is 1. The summed E-state index contributed by atoms with van der Waals surface area (Å²) in [6, 6.07) is 5.47. The van der Waals surface area contributed by atoms with E-state index in [0.29, 0.717) is 22.6 Å². The average molecular weight is 275 g/mol. The van der Waals surface area contributed by atoms with Crippen molar-refractivity contribution in [1.82, 2.24) is 5.32 Å². The number of hydrogen-bond donors (Lipinski definition) is 2. The number of carbonyl (C=O) groups excluding carboxylic acids is 1. The van der Waals surface area contributed by atoms with Gasteiger partial charge in [0.05, 0.1) is 11.4 Å². The van der Waals surface area contributed by atoms with E-state index in [1.807, 2.05) is 31.1 Å². The van der Waals surface area contributed by atoms with E-state index in [9.17, 15) is 4.79 Å². The molecule has 0 unspecified atom stereocenters. The van der Waals surface area contributed by atoms with Crippen molar-refractivity contribution in [2.24, 2.45) is 11.3 Å². The Hall–Kier alpha value is -1.71. The molecule has 0 aromatic heterocycles. The van der Waals surface area contributed by atoms with Crippen LogP contribution >= 0.6 is 0 Å². The Kier molecular flexibility index (Phi) is 3.93. The fourth-order valence-corrected chi connectivity index (χ4v) is 2.58. The van der Waals surface area contributed by atoms with E-state index in [-0.39, 0.29) is 5.91 Å². The Bertz CT molecular complexity index is 504. The van der Waals surface area contributed by atoms with Crippen molar-refractivity contribution in [3.8, 4) is 0 Å². The van der Waals surface area contributed by atoms with Crippen LogP contribution in [0.4, 0.5) is 11.4 Å². The lowest BCUT2D eigenvalue weighted by molar-refractivity contribution is 0.0940. The highest BCUT2D eigenvalue weighted by atomic mass is 16.1. The molecule has 0 radical (unpaired) electrons. The van der Waals surface area contributed by atoms with Crippen molar-refractivity contribution in [1.29, 1.82) is 0 Å².